The predicted molar refractivity (Wildman–Crippen MR) is 222 cm³/mol. The van der Waals surface area contributed by atoms with Gasteiger partial charge in [-0.15, -0.1) is 0 Å². The number of rotatable bonds is 38. The summed E-state index contributed by atoms with van der Waals surface area (Å²) in [6.07, 6.45) is 12.5. The number of ether oxygens (including phenoxy) is 5. The third kappa shape index (κ3) is 30.1. The number of carbonyl (C=O) groups is 6. The third-order valence-electron chi connectivity index (χ3n) is 8.64. The molecule has 0 bridgehead atoms. The summed E-state index contributed by atoms with van der Waals surface area (Å²) in [5.41, 5.74) is 0. The number of unbranched alkanes of at least 4 members (excludes halogenated alkanes) is 11. The van der Waals surface area contributed by atoms with Crippen LogP contribution in [-0.2, 0) is 57.8 Å². The van der Waals surface area contributed by atoms with Gasteiger partial charge in [0, 0.05) is 37.4 Å². The Morgan fingerprint density at radius 1 is 0.607 bits per heavy atom. The van der Waals surface area contributed by atoms with E-state index in [0.717, 1.165) is 76.3 Å². The first-order valence-corrected chi connectivity index (χ1v) is 22.5. The number of amides is 3. The van der Waals surface area contributed by atoms with Crippen molar-refractivity contribution in [2.75, 3.05) is 65.9 Å². The van der Waals surface area contributed by atoms with E-state index < -0.39 is 57.2 Å². The van der Waals surface area contributed by atoms with Crippen molar-refractivity contribution in [2.45, 2.75) is 114 Å². The minimum absolute atomic E-state index is 0.0350. The molecule has 1 atom stereocenters. The Morgan fingerprint density at radius 2 is 1.10 bits per heavy atom. The molecule has 61 heavy (non-hydrogen) atoms. The molecular formula is C39H61Cl2N3O16S. The van der Waals surface area contributed by atoms with Crippen LogP contribution in [-0.4, -0.2) is 131 Å². The molecule has 0 spiro atoms. The van der Waals surface area contributed by atoms with Crippen molar-refractivity contribution in [2.24, 2.45) is 0 Å². The summed E-state index contributed by atoms with van der Waals surface area (Å²) < 4.78 is 58.3. The molecule has 1 aromatic rings. The van der Waals surface area contributed by atoms with Gasteiger partial charge in [0.25, 0.3) is 10.1 Å². The molecule has 3 amide bonds. The van der Waals surface area contributed by atoms with Crippen LogP contribution in [0.1, 0.15) is 103 Å². The highest BCUT2D eigenvalue weighted by Crippen LogP contribution is 2.35. The molecule has 0 radical (unpaired) electrons. The highest BCUT2D eigenvalue weighted by Gasteiger charge is 2.24. The van der Waals surface area contributed by atoms with Gasteiger partial charge in [-0.1, -0.05) is 87.4 Å². The molecule has 0 heterocycles. The minimum atomic E-state index is -4.78. The average Bonchev–Trinajstić information content (AvgIpc) is 3.18. The van der Waals surface area contributed by atoms with E-state index in [0.29, 0.717) is 6.42 Å². The number of hydrogen-bond donors (Lipinski definition) is 6. The van der Waals surface area contributed by atoms with Crippen molar-refractivity contribution in [3.05, 3.63) is 22.2 Å². The van der Waals surface area contributed by atoms with Crippen LogP contribution in [0, 0.1) is 0 Å². The van der Waals surface area contributed by atoms with Crippen molar-refractivity contribution >= 4 is 68.9 Å². The first-order chi connectivity index (χ1) is 29.1. The zero-order valence-corrected chi connectivity index (χ0v) is 36.8. The van der Waals surface area contributed by atoms with Crippen LogP contribution in [0.2, 0.25) is 10.0 Å². The quantitative estimate of drug-likeness (QED) is 0.0233. The zero-order chi connectivity index (χ0) is 45.3. The fourth-order valence-electron chi connectivity index (χ4n) is 5.52. The molecule has 22 heteroatoms. The van der Waals surface area contributed by atoms with Crippen molar-refractivity contribution in [1.82, 2.24) is 16.0 Å². The first kappa shape index (κ1) is 55.4. The number of benzene rings is 1. The molecular weight excluding hydrogens is 869 g/mol. The third-order valence-corrected chi connectivity index (χ3v) is 10.00. The summed E-state index contributed by atoms with van der Waals surface area (Å²) in [7, 11) is -4.78. The van der Waals surface area contributed by atoms with Gasteiger partial charge in [-0.2, -0.15) is 8.42 Å². The smallest absolute Gasteiger partial charge is 0.337 e. The van der Waals surface area contributed by atoms with Crippen LogP contribution in [0.5, 0.6) is 5.75 Å². The number of halogens is 2. The Morgan fingerprint density at radius 3 is 1.62 bits per heavy atom. The topological polar surface area (TPSA) is 279 Å². The summed E-state index contributed by atoms with van der Waals surface area (Å²) in [5.74, 6) is -4.67. The first-order valence-electron chi connectivity index (χ1n) is 20.4. The maximum absolute atomic E-state index is 12.3. The molecule has 348 valence electrons. The molecule has 0 aliphatic heterocycles. The van der Waals surface area contributed by atoms with E-state index in [1.807, 2.05) is 0 Å². The van der Waals surface area contributed by atoms with Gasteiger partial charge in [0.05, 0.1) is 44.7 Å². The second-order valence-electron chi connectivity index (χ2n) is 13.8. The number of esters is 1. The SMILES string of the molecule is O=C(O)CCCCCCCCCCCCCCC(=O)N[C@@H](CCC(=O)NCCOCCOCC(=O)NCCOCCOCC(=O)Oc1c(Cl)cc(Cl)cc1S(=O)(=O)O)C(=O)O. The van der Waals surface area contributed by atoms with E-state index in [2.05, 4.69) is 16.0 Å². The van der Waals surface area contributed by atoms with Crippen molar-refractivity contribution in [3.8, 4) is 5.75 Å². The summed E-state index contributed by atoms with van der Waals surface area (Å²) in [4.78, 5) is 69.8. The van der Waals surface area contributed by atoms with Gasteiger partial charge in [0.1, 0.15) is 24.2 Å². The van der Waals surface area contributed by atoms with Crippen molar-refractivity contribution < 1.29 is 75.6 Å². The second kappa shape index (κ2) is 33.9. The molecule has 1 rings (SSSR count). The van der Waals surface area contributed by atoms with E-state index in [1.54, 1.807) is 0 Å². The van der Waals surface area contributed by atoms with Crippen molar-refractivity contribution in [3.63, 3.8) is 0 Å². The Bertz CT molecular complexity index is 1600. The Kier molecular flexibility index (Phi) is 30.8. The van der Waals surface area contributed by atoms with Gasteiger partial charge in [0.2, 0.25) is 17.7 Å². The van der Waals surface area contributed by atoms with Gasteiger partial charge in [0.15, 0.2) is 5.75 Å². The van der Waals surface area contributed by atoms with E-state index in [9.17, 15) is 46.8 Å². The largest absolute Gasteiger partial charge is 0.481 e. The zero-order valence-electron chi connectivity index (χ0n) is 34.4. The number of nitrogens with one attached hydrogen (secondary N) is 3. The molecule has 0 aromatic heterocycles. The normalized spacial score (nSPS) is 11.8. The Labute approximate surface area is 366 Å². The predicted octanol–water partition coefficient (Wildman–Crippen LogP) is 4.34. The van der Waals surface area contributed by atoms with E-state index >= 15 is 0 Å². The van der Waals surface area contributed by atoms with Crippen LogP contribution >= 0.6 is 23.2 Å². The van der Waals surface area contributed by atoms with Gasteiger partial charge in [-0.05, 0) is 31.4 Å². The number of hydrogen-bond acceptors (Lipinski definition) is 13. The van der Waals surface area contributed by atoms with Crippen LogP contribution in [0.4, 0.5) is 0 Å². The molecule has 0 fully saturated rings. The maximum Gasteiger partial charge on any atom is 0.337 e. The number of carboxylic acids is 2. The molecule has 0 saturated heterocycles. The molecule has 0 aliphatic carbocycles. The van der Waals surface area contributed by atoms with Gasteiger partial charge in [-0.3, -0.25) is 23.7 Å². The number of carboxylic acid groups (broad SMARTS) is 2. The monoisotopic (exact) mass is 929 g/mol. The summed E-state index contributed by atoms with van der Waals surface area (Å²) in [5, 5.41) is 25.4. The molecule has 6 N–H and O–H groups in total. The van der Waals surface area contributed by atoms with Crippen LogP contribution < -0.4 is 20.7 Å². The molecule has 0 saturated carbocycles. The molecule has 1 aromatic carbocycles. The summed E-state index contributed by atoms with van der Waals surface area (Å²) in [6, 6.07) is 0.837. The fraction of sp³-hybridized carbons (Fsp3) is 0.692. The lowest BCUT2D eigenvalue weighted by atomic mass is 10.0. The molecule has 19 nitrogen and oxygen atoms in total. The highest BCUT2D eigenvalue weighted by atomic mass is 35.5. The molecule has 0 aliphatic rings. The standard InChI is InChI=1S/C39H61Cl2N3O16S/c40-29-25-30(41)38(32(26-29)61(53,54)55)60-37(50)28-59-24-22-57-20-18-43-35(47)27-58-23-21-56-19-17-42-33(45)16-15-31(39(51)52)44-34(46)13-11-9-7-5-3-1-2-4-6-8-10-12-14-36(48)49/h25-26,31H,1-24,27-28H2,(H,42,45)(H,43,47)(H,44,46)(H,48,49)(H,51,52)(H,53,54,55)/t31-/m0/s1. The fourth-order valence-corrected chi connectivity index (χ4v) is 6.84. The lowest BCUT2D eigenvalue weighted by molar-refractivity contribution is -0.142. The lowest BCUT2D eigenvalue weighted by Gasteiger charge is -2.14. The Hall–Kier alpha value is -3.63. The number of aliphatic carboxylic acids is 2. The van der Waals surface area contributed by atoms with E-state index in [1.165, 1.54) is 6.42 Å². The van der Waals surface area contributed by atoms with Gasteiger partial charge < -0.3 is 49.8 Å². The summed E-state index contributed by atoms with van der Waals surface area (Å²) in [6.45, 7) is 0.102. The van der Waals surface area contributed by atoms with Crippen LogP contribution in [0.25, 0.3) is 0 Å². The average molecular weight is 931 g/mol. The van der Waals surface area contributed by atoms with Crippen LogP contribution in [0.15, 0.2) is 17.0 Å². The molecule has 0 unspecified atom stereocenters. The van der Waals surface area contributed by atoms with Gasteiger partial charge in [-0.25, -0.2) is 9.59 Å². The van der Waals surface area contributed by atoms with E-state index in [4.69, 9.17) is 52.0 Å². The van der Waals surface area contributed by atoms with Crippen molar-refractivity contribution in [1.29, 1.82) is 0 Å². The van der Waals surface area contributed by atoms with Gasteiger partial charge >= 0.3 is 17.9 Å². The number of carbonyl (C=O) groups excluding carboxylic acids is 4. The minimum Gasteiger partial charge on any atom is -0.481 e. The highest BCUT2D eigenvalue weighted by molar-refractivity contribution is 7.86. The van der Waals surface area contributed by atoms with Crippen LogP contribution in [0.3, 0.4) is 0 Å². The Balaban J connectivity index is 1.99. The second-order valence-corrected chi connectivity index (χ2v) is 16.1. The lowest BCUT2D eigenvalue weighted by Crippen LogP contribution is -2.41. The van der Waals surface area contributed by atoms with E-state index in [-0.39, 0.29) is 107 Å². The summed E-state index contributed by atoms with van der Waals surface area (Å²) >= 11 is 11.6. The maximum atomic E-state index is 12.3.